The van der Waals surface area contributed by atoms with Gasteiger partial charge in [-0.1, -0.05) is 57.6 Å². The van der Waals surface area contributed by atoms with Crippen molar-refractivity contribution in [1.29, 1.82) is 0 Å². The highest BCUT2D eigenvalue weighted by Crippen LogP contribution is 2.16. The van der Waals surface area contributed by atoms with Crippen LogP contribution >= 0.6 is 0 Å². The number of unbranched alkanes of at least 4 members (excludes halogenated alkanes) is 6. The summed E-state index contributed by atoms with van der Waals surface area (Å²) in [4.78, 5) is 0. The van der Waals surface area contributed by atoms with Gasteiger partial charge in [-0.3, -0.25) is 0 Å². The van der Waals surface area contributed by atoms with E-state index in [0.29, 0.717) is 52.9 Å². The molecule has 1 rings (SSSR count). The van der Waals surface area contributed by atoms with Gasteiger partial charge < -0.3 is 28.4 Å². The van der Waals surface area contributed by atoms with Crippen LogP contribution in [0.5, 0.6) is 5.75 Å². The molecule has 0 aliphatic carbocycles. The Hall–Kier alpha value is -1.18. The van der Waals surface area contributed by atoms with Gasteiger partial charge in [-0.05, 0) is 30.5 Å². The molecule has 6 heteroatoms. The molecular formula is C26H46O6. The molecular weight excluding hydrogens is 408 g/mol. The first-order valence-corrected chi connectivity index (χ1v) is 12.3. The molecule has 0 saturated carbocycles. The van der Waals surface area contributed by atoms with Crippen LogP contribution in [0, 0.1) is 0 Å². The van der Waals surface area contributed by atoms with Crippen LogP contribution in [0.2, 0.25) is 0 Å². The van der Waals surface area contributed by atoms with Gasteiger partial charge in [0.05, 0.1) is 46.2 Å². The molecule has 0 aliphatic rings. The van der Waals surface area contributed by atoms with Gasteiger partial charge in [0.15, 0.2) is 0 Å². The summed E-state index contributed by atoms with van der Waals surface area (Å²) in [6.07, 6.45) is 10.4. The summed E-state index contributed by atoms with van der Waals surface area (Å²) in [6.45, 7) is 6.56. The molecule has 0 N–H and O–H groups in total. The molecule has 1 unspecified atom stereocenters. The second kappa shape index (κ2) is 21.7. The van der Waals surface area contributed by atoms with Gasteiger partial charge in [-0.15, -0.1) is 0 Å². The maximum absolute atomic E-state index is 5.87. The lowest BCUT2D eigenvalue weighted by Gasteiger charge is -2.17. The summed E-state index contributed by atoms with van der Waals surface area (Å²) >= 11 is 0. The van der Waals surface area contributed by atoms with E-state index < -0.39 is 0 Å². The Bertz CT molecular complexity index is 508. The van der Waals surface area contributed by atoms with E-state index in [1.807, 2.05) is 12.1 Å². The van der Waals surface area contributed by atoms with Crippen molar-refractivity contribution in [2.75, 3.05) is 67.1 Å². The monoisotopic (exact) mass is 454 g/mol. The van der Waals surface area contributed by atoms with Gasteiger partial charge >= 0.3 is 0 Å². The minimum Gasteiger partial charge on any atom is -0.491 e. The first-order valence-electron chi connectivity index (χ1n) is 12.3. The predicted molar refractivity (Wildman–Crippen MR) is 129 cm³/mol. The van der Waals surface area contributed by atoms with Crippen LogP contribution in [0.3, 0.4) is 0 Å². The zero-order chi connectivity index (χ0) is 23.1. The molecule has 0 saturated heterocycles. The maximum atomic E-state index is 5.87. The third-order valence-electron chi connectivity index (χ3n) is 5.24. The number of ether oxygens (including phenoxy) is 6. The Balaban J connectivity index is 2.05. The first kappa shape index (κ1) is 28.9. The zero-order valence-corrected chi connectivity index (χ0v) is 20.6. The van der Waals surface area contributed by atoms with E-state index in [2.05, 4.69) is 19.1 Å². The van der Waals surface area contributed by atoms with Crippen LogP contribution in [-0.2, 0) is 30.1 Å². The first-order chi connectivity index (χ1) is 15.8. The molecule has 0 aliphatic heterocycles. The second-order valence-electron chi connectivity index (χ2n) is 7.98. The van der Waals surface area contributed by atoms with Gasteiger partial charge in [-0.25, -0.2) is 0 Å². The third-order valence-corrected chi connectivity index (χ3v) is 5.24. The van der Waals surface area contributed by atoms with Gasteiger partial charge in [0, 0.05) is 14.2 Å². The fourth-order valence-corrected chi connectivity index (χ4v) is 3.21. The zero-order valence-electron chi connectivity index (χ0n) is 20.6. The Morgan fingerprint density at radius 3 is 1.88 bits per heavy atom. The van der Waals surface area contributed by atoms with E-state index in [0.717, 1.165) is 12.2 Å². The largest absolute Gasteiger partial charge is 0.491 e. The van der Waals surface area contributed by atoms with Crippen molar-refractivity contribution in [2.45, 2.75) is 64.4 Å². The smallest absolute Gasteiger partial charge is 0.119 e. The predicted octanol–water partition coefficient (Wildman–Crippen LogP) is 5.07. The lowest BCUT2D eigenvalue weighted by molar-refractivity contribution is -0.0363. The minimum absolute atomic E-state index is 0.111. The van der Waals surface area contributed by atoms with Crippen LogP contribution in [0.15, 0.2) is 24.3 Å². The van der Waals surface area contributed by atoms with Gasteiger partial charge in [0.25, 0.3) is 0 Å². The van der Waals surface area contributed by atoms with Crippen LogP contribution < -0.4 is 4.74 Å². The van der Waals surface area contributed by atoms with E-state index in [4.69, 9.17) is 28.4 Å². The maximum Gasteiger partial charge on any atom is 0.119 e. The molecule has 0 fully saturated rings. The molecule has 0 amide bonds. The fraction of sp³-hybridized carbons (Fsp3) is 0.769. The van der Waals surface area contributed by atoms with Crippen molar-refractivity contribution in [3.05, 3.63) is 29.8 Å². The number of rotatable bonds is 23. The fourth-order valence-electron chi connectivity index (χ4n) is 3.21. The molecule has 0 aromatic heterocycles. The number of hydrogen-bond acceptors (Lipinski definition) is 6. The summed E-state index contributed by atoms with van der Waals surface area (Å²) < 4.78 is 32.7. The molecule has 0 bridgehead atoms. The molecule has 0 heterocycles. The Morgan fingerprint density at radius 1 is 0.656 bits per heavy atom. The highest BCUT2D eigenvalue weighted by molar-refractivity contribution is 5.27. The number of hydrogen-bond donors (Lipinski definition) is 0. The molecule has 1 aromatic rings. The number of methoxy groups -OCH3 is 2. The molecule has 1 aromatic carbocycles. The minimum atomic E-state index is -0.111. The number of aryl methyl sites for hydroxylation is 1. The van der Waals surface area contributed by atoms with Crippen molar-refractivity contribution in [1.82, 2.24) is 0 Å². The van der Waals surface area contributed by atoms with Gasteiger partial charge in [0.2, 0.25) is 0 Å². The Labute approximate surface area is 195 Å². The van der Waals surface area contributed by atoms with Crippen molar-refractivity contribution in [3.8, 4) is 5.75 Å². The van der Waals surface area contributed by atoms with Crippen LogP contribution in [-0.4, -0.2) is 73.2 Å². The van der Waals surface area contributed by atoms with Crippen LogP contribution in [0.25, 0.3) is 0 Å². The van der Waals surface area contributed by atoms with Crippen molar-refractivity contribution < 1.29 is 28.4 Å². The molecule has 186 valence electrons. The highest BCUT2D eigenvalue weighted by Gasteiger charge is 2.09. The normalized spacial score (nSPS) is 12.2. The van der Waals surface area contributed by atoms with Crippen molar-refractivity contribution >= 4 is 0 Å². The number of benzene rings is 1. The van der Waals surface area contributed by atoms with Crippen LogP contribution in [0.4, 0.5) is 0 Å². The third kappa shape index (κ3) is 16.5. The van der Waals surface area contributed by atoms with Gasteiger partial charge in [0.1, 0.15) is 18.5 Å². The lowest BCUT2D eigenvalue weighted by Crippen LogP contribution is -2.26. The van der Waals surface area contributed by atoms with Crippen molar-refractivity contribution in [3.63, 3.8) is 0 Å². The molecule has 1 atom stereocenters. The topological polar surface area (TPSA) is 55.4 Å². The molecule has 32 heavy (non-hydrogen) atoms. The van der Waals surface area contributed by atoms with Gasteiger partial charge in [-0.2, -0.15) is 0 Å². The lowest BCUT2D eigenvalue weighted by atomic mass is 10.0. The van der Waals surface area contributed by atoms with E-state index in [1.165, 1.54) is 50.5 Å². The average Bonchev–Trinajstić information content (AvgIpc) is 2.82. The summed E-state index contributed by atoms with van der Waals surface area (Å²) in [6, 6.07) is 8.43. The van der Waals surface area contributed by atoms with E-state index in [-0.39, 0.29) is 6.10 Å². The second-order valence-corrected chi connectivity index (χ2v) is 7.98. The Morgan fingerprint density at radius 2 is 1.25 bits per heavy atom. The van der Waals surface area contributed by atoms with E-state index >= 15 is 0 Å². The van der Waals surface area contributed by atoms with Crippen LogP contribution in [0.1, 0.15) is 57.4 Å². The standard InChI is InChI=1S/C26H46O6/c1-4-5-6-7-8-9-10-11-24-12-14-25(15-13-24)32-23-26(28-3)22-31-21-20-30-19-18-29-17-16-27-2/h12-15,26H,4-11,16-23H2,1-3H3. The summed E-state index contributed by atoms with van der Waals surface area (Å²) in [5.74, 6) is 0.868. The molecule has 0 radical (unpaired) electrons. The highest BCUT2D eigenvalue weighted by atomic mass is 16.6. The quantitative estimate of drug-likeness (QED) is 0.215. The summed E-state index contributed by atoms with van der Waals surface area (Å²) in [5.41, 5.74) is 1.38. The van der Waals surface area contributed by atoms with E-state index in [1.54, 1.807) is 14.2 Å². The molecule has 0 spiro atoms. The SMILES string of the molecule is CCCCCCCCCc1ccc(OCC(COCCOCCOCCOC)OC)cc1. The van der Waals surface area contributed by atoms with E-state index in [9.17, 15) is 0 Å². The summed E-state index contributed by atoms with van der Waals surface area (Å²) in [5, 5.41) is 0. The average molecular weight is 455 g/mol. The molecule has 6 nitrogen and oxygen atoms in total. The Kier molecular flexibility index (Phi) is 19.5. The summed E-state index contributed by atoms with van der Waals surface area (Å²) in [7, 11) is 3.33. The van der Waals surface area contributed by atoms with Crippen molar-refractivity contribution in [2.24, 2.45) is 0 Å².